The summed E-state index contributed by atoms with van der Waals surface area (Å²) in [4.78, 5) is 10.4. The highest BCUT2D eigenvalue weighted by Gasteiger charge is 2.19. The fourth-order valence-electron chi connectivity index (χ4n) is 1.55. The lowest BCUT2D eigenvalue weighted by Gasteiger charge is -2.13. The summed E-state index contributed by atoms with van der Waals surface area (Å²) in [6.07, 6.45) is -0.0473. The maximum atomic E-state index is 10.9. The van der Waals surface area contributed by atoms with Gasteiger partial charge in [-0.15, -0.1) is 0 Å². The quantitative estimate of drug-likeness (QED) is 0.632. The molecule has 0 spiro atoms. The van der Waals surface area contributed by atoms with Gasteiger partial charge >= 0.3 is 5.69 Å². The predicted molar refractivity (Wildman–Crippen MR) is 64.4 cm³/mol. The Bertz CT molecular complexity index is 417. The van der Waals surface area contributed by atoms with E-state index >= 15 is 0 Å². The third-order valence-electron chi connectivity index (χ3n) is 2.49. The molecule has 0 fully saturated rings. The Morgan fingerprint density at radius 3 is 2.65 bits per heavy atom. The molecule has 1 N–H and O–H groups in total. The number of aliphatic hydroxyl groups is 1. The normalized spacial score (nSPS) is 12.2. The minimum absolute atomic E-state index is 0.0502. The lowest BCUT2D eigenvalue weighted by Crippen LogP contribution is -2.17. The van der Waals surface area contributed by atoms with Crippen molar-refractivity contribution >= 4 is 5.69 Å². The summed E-state index contributed by atoms with van der Waals surface area (Å²) in [5.74, 6) is 0.244. The van der Waals surface area contributed by atoms with E-state index in [1.807, 2.05) is 13.0 Å². The molecule has 0 heterocycles. The highest BCUT2D eigenvalue weighted by Crippen LogP contribution is 2.32. The number of hydrogen-bond acceptors (Lipinski definition) is 4. The molecule has 5 nitrogen and oxygen atoms in total. The first-order chi connectivity index (χ1) is 7.95. The molecule has 94 valence electrons. The number of aryl methyl sites for hydroxylation is 2. The molecule has 0 saturated carbocycles. The minimum atomic E-state index is -0.602. The maximum absolute atomic E-state index is 10.9. The molecule has 0 aromatic heterocycles. The Balaban J connectivity index is 3.00. The summed E-state index contributed by atoms with van der Waals surface area (Å²) < 4.78 is 5.35. The second kappa shape index (κ2) is 5.63. The van der Waals surface area contributed by atoms with Crippen LogP contribution in [0.25, 0.3) is 0 Å². The summed E-state index contributed by atoms with van der Waals surface area (Å²) in [5.41, 5.74) is 1.48. The zero-order chi connectivity index (χ0) is 13.0. The summed E-state index contributed by atoms with van der Waals surface area (Å²) in [6.45, 7) is 5.45. The van der Waals surface area contributed by atoms with Crippen LogP contribution in [0, 0.1) is 24.0 Å². The van der Waals surface area contributed by atoms with Crippen molar-refractivity contribution in [2.75, 3.05) is 6.61 Å². The van der Waals surface area contributed by atoms with Crippen LogP contribution in [0.3, 0.4) is 0 Å². The molecule has 1 aromatic carbocycles. The molecule has 1 aromatic rings. The molecule has 0 aliphatic rings. The van der Waals surface area contributed by atoms with E-state index in [0.29, 0.717) is 12.0 Å². The van der Waals surface area contributed by atoms with Crippen molar-refractivity contribution in [3.05, 3.63) is 33.4 Å². The van der Waals surface area contributed by atoms with E-state index in [1.165, 1.54) is 6.07 Å². The summed E-state index contributed by atoms with van der Waals surface area (Å²) in [5, 5.41) is 20.3. The Morgan fingerprint density at radius 1 is 1.47 bits per heavy atom. The lowest BCUT2D eigenvalue weighted by molar-refractivity contribution is -0.386. The van der Waals surface area contributed by atoms with Gasteiger partial charge in [0, 0.05) is 6.07 Å². The largest absolute Gasteiger partial charge is 0.484 e. The van der Waals surface area contributed by atoms with Crippen molar-refractivity contribution < 1.29 is 14.8 Å². The van der Waals surface area contributed by atoms with Gasteiger partial charge in [-0.25, -0.2) is 0 Å². The van der Waals surface area contributed by atoms with Crippen LogP contribution in [0.2, 0.25) is 0 Å². The predicted octanol–water partition coefficient (Wildman–Crippen LogP) is 2.36. The van der Waals surface area contributed by atoms with Crippen LogP contribution in [0.5, 0.6) is 5.75 Å². The lowest BCUT2D eigenvalue weighted by atomic mass is 10.1. The number of rotatable bonds is 5. The molecule has 5 heteroatoms. The number of hydrogen-bond donors (Lipinski definition) is 1. The number of nitro groups is 1. The number of nitrogens with zero attached hydrogens (tertiary/aromatic N) is 1. The van der Waals surface area contributed by atoms with Crippen molar-refractivity contribution in [1.29, 1.82) is 0 Å². The van der Waals surface area contributed by atoms with Crippen LogP contribution in [0.4, 0.5) is 5.69 Å². The number of ether oxygens (including phenoxy) is 1. The Labute approximate surface area is 100 Å². The average molecular weight is 239 g/mol. The van der Waals surface area contributed by atoms with Crippen LogP contribution >= 0.6 is 0 Å². The van der Waals surface area contributed by atoms with E-state index in [1.54, 1.807) is 13.8 Å². The van der Waals surface area contributed by atoms with Gasteiger partial charge in [0.05, 0.1) is 11.0 Å². The fraction of sp³-hybridized carbons (Fsp3) is 0.500. The van der Waals surface area contributed by atoms with E-state index in [2.05, 4.69) is 0 Å². The number of nitro benzene ring substituents is 1. The van der Waals surface area contributed by atoms with Crippen molar-refractivity contribution in [1.82, 2.24) is 0 Å². The van der Waals surface area contributed by atoms with Crippen LogP contribution in [-0.4, -0.2) is 22.7 Å². The van der Waals surface area contributed by atoms with Gasteiger partial charge in [-0.3, -0.25) is 10.1 Å². The highest BCUT2D eigenvalue weighted by atomic mass is 16.6. The van der Waals surface area contributed by atoms with Gasteiger partial charge in [-0.05, 0) is 31.4 Å². The van der Waals surface area contributed by atoms with Gasteiger partial charge in [0.1, 0.15) is 6.61 Å². The zero-order valence-electron chi connectivity index (χ0n) is 10.3. The van der Waals surface area contributed by atoms with Crippen LogP contribution in [0.1, 0.15) is 24.5 Å². The first-order valence-electron chi connectivity index (χ1n) is 5.52. The third-order valence-corrected chi connectivity index (χ3v) is 2.49. The summed E-state index contributed by atoms with van der Waals surface area (Å²) in [6, 6.07) is 3.29. The topological polar surface area (TPSA) is 72.6 Å². The summed E-state index contributed by atoms with van der Waals surface area (Å²) >= 11 is 0. The first kappa shape index (κ1) is 13.4. The molecule has 0 amide bonds. The van der Waals surface area contributed by atoms with E-state index in [9.17, 15) is 15.2 Å². The average Bonchev–Trinajstić information content (AvgIpc) is 2.26. The zero-order valence-corrected chi connectivity index (χ0v) is 10.3. The summed E-state index contributed by atoms with van der Waals surface area (Å²) in [7, 11) is 0. The van der Waals surface area contributed by atoms with Crippen molar-refractivity contribution in [3.8, 4) is 5.75 Å². The smallest absolute Gasteiger partial charge is 0.311 e. The Morgan fingerprint density at radius 2 is 2.12 bits per heavy atom. The number of benzene rings is 1. The van der Waals surface area contributed by atoms with E-state index in [0.717, 1.165) is 5.56 Å². The molecule has 1 rings (SSSR count). The molecule has 0 aliphatic carbocycles. The minimum Gasteiger partial charge on any atom is -0.484 e. The van der Waals surface area contributed by atoms with E-state index < -0.39 is 11.0 Å². The molecule has 0 saturated heterocycles. The molecule has 0 radical (unpaired) electrons. The van der Waals surface area contributed by atoms with Crippen molar-refractivity contribution in [3.63, 3.8) is 0 Å². The Kier molecular flexibility index (Phi) is 4.45. The van der Waals surface area contributed by atoms with E-state index in [4.69, 9.17) is 4.74 Å². The number of aliphatic hydroxyl groups excluding tert-OH is 1. The molecule has 1 atom stereocenters. The van der Waals surface area contributed by atoms with Crippen molar-refractivity contribution in [2.45, 2.75) is 33.3 Å². The molecule has 0 bridgehead atoms. The van der Waals surface area contributed by atoms with E-state index in [-0.39, 0.29) is 18.0 Å². The van der Waals surface area contributed by atoms with Gasteiger partial charge in [-0.2, -0.15) is 0 Å². The molecule has 0 aliphatic heterocycles. The standard InChI is InChI=1S/C12H17NO4/c1-4-10(14)7-17-12-9(3)5-8(2)6-11(12)13(15)16/h5-6,10,14H,4,7H2,1-3H3. The fourth-order valence-corrected chi connectivity index (χ4v) is 1.55. The van der Waals surface area contributed by atoms with Gasteiger partial charge < -0.3 is 9.84 Å². The monoisotopic (exact) mass is 239 g/mol. The first-order valence-corrected chi connectivity index (χ1v) is 5.52. The highest BCUT2D eigenvalue weighted by molar-refractivity contribution is 5.53. The SMILES string of the molecule is CCC(O)COc1c(C)cc(C)cc1[N+](=O)[O-]. The van der Waals surface area contributed by atoms with Crippen molar-refractivity contribution in [2.24, 2.45) is 0 Å². The molecular weight excluding hydrogens is 222 g/mol. The molecule has 1 unspecified atom stereocenters. The van der Waals surface area contributed by atoms with Gasteiger partial charge in [0.2, 0.25) is 0 Å². The maximum Gasteiger partial charge on any atom is 0.311 e. The van der Waals surface area contributed by atoms with Crippen LogP contribution in [0.15, 0.2) is 12.1 Å². The van der Waals surface area contributed by atoms with Gasteiger partial charge in [0.25, 0.3) is 0 Å². The third kappa shape index (κ3) is 3.42. The molecular formula is C12H17NO4. The molecule has 17 heavy (non-hydrogen) atoms. The van der Waals surface area contributed by atoms with Crippen LogP contribution in [-0.2, 0) is 0 Å². The van der Waals surface area contributed by atoms with Crippen LogP contribution < -0.4 is 4.74 Å². The Hall–Kier alpha value is -1.62. The second-order valence-electron chi connectivity index (χ2n) is 4.06. The van der Waals surface area contributed by atoms with Gasteiger partial charge in [-0.1, -0.05) is 13.0 Å². The van der Waals surface area contributed by atoms with Gasteiger partial charge in [0.15, 0.2) is 5.75 Å². The second-order valence-corrected chi connectivity index (χ2v) is 4.06.